The molecule has 0 aliphatic carbocycles. The molecule has 3 aromatic carbocycles. The van der Waals surface area contributed by atoms with Crippen molar-refractivity contribution in [2.24, 2.45) is 0 Å². The van der Waals surface area contributed by atoms with Crippen LogP contribution >= 0.6 is 11.8 Å². The molecule has 8 nitrogen and oxygen atoms in total. The fourth-order valence-corrected chi connectivity index (χ4v) is 6.48. The van der Waals surface area contributed by atoms with E-state index < -0.39 is 15.9 Å². The van der Waals surface area contributed by atoms with E-state index in [0.717, 1.165) is 4.31 Å². The Balaban J connectivity index is 1.50. The molecular weight excluding hydrogens is 474 g/mol. The molecule has 34 heavy (non-hydrogen) atoms. The topological polar surface area (TPSA) is 98.6 Å². The van der Waals surface area contributed by atoms with E-state index >= 15 is 0 Å². The summed E-state index contributed by atoms with van der Waals surface area (Å²) < 4.78 is 33.3. The molecule has 0 fully saturated rings. The van der Waals surface area contributed by atoms with Crippen molar-refractivity contribution in [2.75, 3.05) is 19.4 Å². The molecule has 1 amide bonds. The fourth-order valence-electron chi connectivity index (χ4n) is 3.86. The lowest BCUT2D eigenvalue weighted by Crippen LogP contribution is -2.32. The Morgan fingerprint density at radius 1 is 0.971 bits per heavy atom. The van der Waals surface area contributed by atoms with Crippen LogP contribution in [0.4, 0.5) is 0 Å². The van der Waals surface area contributed by atoms with Crippen molar-refractivity contribution >= 4 is 38.6 Å². The molecule has 0 saturated carbocycles. The fraction of sp³-hybridized carbons (Fsp3) is 0.125. The van der Waals surface area contributed by atoms with Gasteiger partial charge in [-0.25, -0.2) is 17.7 Å². The monoisotopic (exact) mass is 493 g/mol. The van der Waals surface area contributed by atoms with Gasteiger partial charge in [-0.3, -0.25) is 14.2 Å². The maximum absolute atomic E-state index is 13.4. The largest absolute Gasteiger partial charge is 0.497 e. The van der Waals surface area contributed by atoms with Crippen molar-refractivity contribution in [3.63, 3.8) is 0 Å². The second kappa shape index (κ2) is 8.62. The summed E-state index contributed by atoms with van der Waals surface area (Å²) in [5, 5.41) is 0.848. The van der Waals surface area contributed by atoms with Gasteiger partial charge in [-0.15, -0.1) is 0 Å². The van der Waals surface area contributed by atoms with Gasteiger partial charge in [-0.05, 0) is 36.4 Å². The molecule has 0 saturated heterocycles. The molecule has 0 N–H and O–H groups in total. The van der Waals surface area contributed by atoms with E-state index in [1.54, 1.807) is 67.8 Å². The Hall–Kier alpha value is -3.63. The minimum atomic E-state index is -3.90. The maximum Gasteiger partial charge on any atom is 0.269 e. The third-order valence-electron chi connectivity index (χ3n) is 5.49. The van der Waals surface area contributed by atoms with Gasteiger partial charge >= 0.3 is 0 Å². The number of thioether (sulfide) groups is 1. The quantitative estimate of drug-likeness (QED) is 0.300. The number of rotatable bonds is 6. The third-order valence-corrected chi connectivity index (χ3v) is 8.25. The molecule has 0 unspecified atom stereocenters. The molecule has 0 bridgehead atoms. The SMILES string of the molecule is COc1cccc(-n2c(SCCN3C(=O)c4ccccc4S3(=O)=O)nc3ccccc3c2=O)c1. The highest BCUT2D eigenvalue weighted by Crippen LogP contribution is 2.31. The van der Waals surface area contributed by atoms with Crippen LogP contribution in [0, 0.1) is 0 Å². The van der Waals surface area contributed by atoms with Crippen LogP contribution in [0.3, 0.4) is 0 Å². The first-order valence-electron chi connectivity index (χ1n) is 10.4. The van der Waals surface area contributed by atoms with E-state index in [9.17, 15) is 18.0 Å². The summed E-state index contributed by atoms with van der Waals surface area (Å²) in [6.45, 7) is -0.0542. The average molecular weight is 494 g/mol. The van der Waals surface area contributed by atoms with E-state index in [-0.39, 0.29) is 28.3 Å². The van der Waals surface area contributed by atoms with Crippen molar-refractivity contribution in [3.8, 4) is 11.4 Å². The van der Waals surface area contributed by atoms with Crippen LogP contribution in [-0.2, 0) is 10.0 Å². The van der Waals surface area contributed by atoms with Crippen LogP contribution in [0.5, 0.6) is 5.75 Å². The highest BCUT2D eigenvalue weighted by Gasteiger charge is 2.40. The number of para-hydroxylation sites is 1. The first-order valence-corrected chi connectivity index (χ1v) is 12.8. The molecule has 4 aromatic rings. The number of aromatic nitrogens is 2. The standard InChI is InChI=1S/C24H19N3O5S2/c1-32-17-8-6-7-16(15-17)27-23(29)18-9-2-4-11-20(18)25-24(27)33-14-13-26-22(28)19-10-3-5-12-21(19)34(26,30)31/h2-12,15H,13-14H2,1H3. The van der Waals surface area contributed by atoms with Crippen molar-refractivity contribution < 1.29 is 17.9 Å². The summed E-state index contributed by atoms with van der Waals surface area (Å²) in [5.41, 5.74) is 1.03. The number of methoxy groups -OCH3 is 1. The number of hydrogen-bond acceptors (Lipinski definition) is 7. The van der Waals surface area contributed by atoms with Gasteiger partial charge < -0.3 is 4.74 Å². The van der Waals surface area contributed by atoms with Crippen LogP contribution in [0.15, 0.2) is 87.6 Å². The van der Waals surface area contributed by atoms with Gasteiger partial charge in [0.05, 0.1) is 29.3 Å². The Morgan fingerprint density at radius 3 is 2.53 bits per heavy atom. The lowest BCUT2D eigenvalue weighted by atomic mass is 10.2. The normalized spacial score (nSPS) is 14.4. The number of fused-ring (bicyclic) bond motifs is 2. The summed E-state index contributed by atoms with van der Waals surface area (Å²) >= 11 is 1.21. The lowest BCUT2D eigenvalue weighted by Gasteiger charge is -2.16. The van der Waals surface area contributed by atoms with E-state index in [1.807, 2.05) is 0 Å². The molecule has 0 radical (unpaired) electrons. The highest BCUT2D eigenvalue weighted by atomic mass is 32.2. The second-order valence-electron chi connectivity index (χ2n) is 7.48. The van der Waals surface area contributed by atoms with Gasteiger partial charge in [0.15, 0.2) is 5.16 Å². The molecule has 2 heterocycles. The summed E-state index contributed by atoms with van der Waals surface area (Å²) in [6, 6.07) is 20.3. The third kappa shape index (κ3) is 3.64. The molecule has 1 aliphatic rings. The Bertz CT molecular complexity index is 1600. The summed E-state index contributed by atoms with van der Waals surface area (Å²) in [5.74, 6) is 0.251. The number of nitrogens with zero attached hydrogens (tertiary/aromatic N) is 3. The number of sulfonamides is 1. The van der Waals surface area contributed by atoms with Gasteiger partial charge in [-0.1, -0.05) is 42.1 Å². The second-order valence-corrected chi connectivity index (χ2v) is 10.4. The zero-order chi connectivity index (χ0) is 23.9. The Kier molecular flexibility index (Phi) is 5.62. The van der Waals surface area contributed by atoms with Gasteiger partial charge in [0.1, 0.15) is 10.6 Å². The molecule has 0 atom stereocenters. The number of carbonyl (C=O) groups excluding carboxylic acids is 1. The van der Waals surface area contributed by atoms with Crippen LogP contribution in [-0.4, -0.2) is 47.6 Å². The average Bonchev–Trinajstić information content (AvgIpc) is 3.05. The van der Waals surface area contributed by atoms with Crippen molar-refractivity contribution in [1.82, 2.24) is 13.9 Å². The minimum absolute atomic E-state index is 0.0159. The molecule has 5 rings (SSSR count). The summed E-state index contributed by atoms with van der Waals surface area (Å²) in [6.07, 6.45) is 0. The smallest absolute Gasteiger partial charge is 0.269 e. The maximum atomic E-state index is 13.4. The van der Waals surface area contributed by atoms with E-state index in [2.05, 4.69) is 4.98 Å². The first kappa shape index (κ1) is 22.2. The lowest BCUT2D eigenvalue weighted by molar-refractivity contribution is 0.0876. The number of amides is 1. The number of ether oxygens (including phenoxy) is 1. The number of benzene rings is 3. The predicted molar refractivity (Wildman–Crippen MR) is 129 cm³/mol. The van der Waals surface area contributed by atoms with Gasteiger partial charge in [-0.2, -0.15) is 0 Å². The molecule has 1 aromatic heterocycles. The summed E-state index contributed by atoms with van der Waals surface area (Å²) in [4.78, 5) is 30.8. The van der Waals surface area contributed by atoms with Crippen LogP contribution in [0.25, 0.3) is 16.6 Å². The molecule has 10 heteroatoms. The van der Waals surface area contributed by atoms with Crippen LogP contribution in [0.2, 0.25) is 0 Å². The van der Waals surface area contributed by atoms with E-state index in [4.69, 9.17) is 4.74 Å². The van der Waals surface area contributed by atoms with E-state index in [1.165, 1.54) is 28.5 Å². The Labute approximate surface area is 199 Å². The van der Waals surface area contributed by atoms with Crippen molar-refractivity contribution in [1.29, 1.82) is 0 Å². The first-order chi connectivity index (χ1) is 16.4. The number of hydrogen-bond donors (Lipinski definition) is 0. The van der Waals surface area contributed by atoms with Crippen LogP contribution in [0.1, 0.15) is 10.4 Å². The van der Waals surface area contributed by atoms with Gasteiger partial charge in [0, 0.05) is 18.4 Å². The van der Waals surface area contributed by atoms with Gasteiger partial charge in [0.2, 0.25) is 0 Å². The Morgan fingerprint density at radius 2 is 1.74 bits per heavy atom. The van der Waals surface area contributed by atoms with E-state index in [0.29, 0.717) is 27.5 Å². The molecule has 1 aliphatic heterocycles. The zero-order valence-corrected chi connectivity index (χ0v) is 19.7. The molecule has 172 valence electrons. The number of carbonyl (C=O) groups is 1. The zero-order valence-electron chi connectivity index (χ0n) is 18.0. The highest BCUT2D eigenvalue weighted by molar-refractivity contribution is 7.99. The summed E-state index contributed by atoms with van der Waals surface area (Å²) in [7, 11) is -2.36. The van der Waals surface area contributed by atoms with Crippen molar-refractivity contribution in [2.45, 2.75) is 10.1 Å². The van der Waals surface area contributed by atoms with Crippen molar-refractivity contribution in [3.05, 3.63) is 88.7 Å². The molecular formula is C24H19N3O5S2. The van der Waals surface area contributed by atoms with Gasteiger partial charge in [0.25, 0.3) is 21.5 Å². The van der Waals surface area contributed by atoms with Crippen LogP contribution < -0.4 is 10.3 Å². The molecule has 0 spiro atoms. The minimum Gasteiger partial charge on any atom is -0.497 e. The predicted octanol–water partition coefficient (Wildman–Crippen LogP) is 3.33.